The third kappa shape index (κ3) is 3.06. The molecule has 3 N–H and O–H groups in total. The normalized spacial score (nSPS) is 19.3. The summed E-state index contributed by atoms with van der Waals surface area (Å²) in [7, 11) is 0. The summed E-state index contributed by atoms with van der Waals surface area (Å²) >= 11 is 5.04. The molecule has 1 rings (SSSR count). The molecule has 0 radical (unpaired) electrons. The SMILES string of the molecule is CCOC(=O)NC1(C(N)=S)CCCCC1. The molecule has 0 aromatic heterocycles. The quantitative estimate of drug-likeness (QED) is 0.725. The van der Waals surface area contributed by atoms with E-state index in [0.29, 0.717) is 11.6 Å². The molecule has 0 atom stereocenters. The van der Waals surface area contributed by atoms with E-state index in [2.05, 4.69) is 5.32 Å². The monoisotopic (exact) mass is 230 g/mol. The number of carbonyl (C=O) groups excluding carboxylic acids is 1. The fraction of sp³-hybridized carbons (Fsp3) is 0.800. The molecular weight excluding hydrogens is 212 g/mol. The Morgan fingerprint density at radius 3 is 2.53 bits per heavy atom. The van der Waals surface area contributed by atoms with Crippen LogP contribution in [0, 0.1) is 0 Å². The predicted molar refractivity (Wildman–Crippen MR) is 62.8 cm³/mol. The lowest BCUT2D eigenvalue weighted by Gasteiger charge is -2.36. The van der Waals surface area contributed by atoms with Crippen molar-refractivity contribution in [3.05, 3.63) is 0 Å². The van der Waals surface area contributed by atoms with Crippen LogP contribution in [0.25, 0.3) is 0 Å². The summed E-state index contributed by atoms with van der Waals surface area (Å²) < 4.78 is 4.85. The van der Waals surface area contributed by atoms with Crippen molar-refractivity contribution < 1.29 is 9.53 Å². The molecule has 0 spiro atoms. The Balaban J connectivity index is 2.64. The highest BCUT2D eigenvalue weighted by Gasteiger charge is 2.36. The van der Waals surface area contributed by atoms with E-state index in [0.717, 1.165) is 25.7 Å². The number of carbonyl (C=O) groups is 1. The van der Waals surface area contributed by atoms with E-state index in [1.54, 1.807) is 6.92 Å². The molecule has 0 unspecified atom stereocenters. The van der Waals surface area contributed by atoms with Gasteiger partial charge in [0.05, 0.1) is 17.1 Å². The van der Waals surface area contributed by atoms with E-state index in [1.807, 2.05) is 0 Å². The van der Waals surface area contributed by atoms with Crippen LogP contribution in [0.15, 0.2) is 0 Å². The van der Waals surface area contributed by atoms with Crippen molar-refractivity contribution in [2.45, 2.75) is 44.6 Å². The molecule has 1 aliphatic carbocycles. The van der Waals surface area contributed by atoms with Crippen LogP contribution in [0.1, 0.15) is 39.0 Å². The molecule has 0 bridgehead atoms. The number of amides is 1. The lowest BCUT2D eigenvalue weighted by Crippen LogP contribution is -2.57. The Morgan fingerprint density at radius 2 is 2.07 bits per heavy atom. The second kappa shape index (κ2) is 5.30. The Bertz CT molecular complexity index is 250. The average molecular weight is 230 g/mol. The van der Waals surface area contributed by atoms with E-state index in [4.69, 9.17) is 22.7 Å². The molecule has 0 aliphatic heterocycles. The van der Waals surface area contributed by atoms with Crippen molar-refractivity contribution in [1.29, 1.82) is 0 Å². The van der Waals surface area contributed by atoms with E-state index in [9.17, 15) is 4.79 Å². The molecule has 1 aliphatic rings. The molecule has 0 saturated heterocycles. The molecule has 0 aromatic rings. The first-order valence-electron chi connectivity index (χ1n) is 5.35. The number of nitrogens with one attached hydrogen (secondary N) is 1. The van der Waals surface area contributed by atoms with Gasteiger partial charge in [0, 0.05) is 0 Å². The number of hydrogen-bond donors (Lipinski definition) is 2. The number of ether oxygens (including phenoxy) is 1. The van der Waals surface area contributed by atoms with Crippen LogP contribution >= 0.6 is 12.2 Å². The molecule has 1 fully saturated rings. The summed E-state index contributed by atoms with van der Waals surface area (Å²) in [5.74, 6) is 0. The number of alkyl carbamates (subject to hydrolysis) is 1. The van der Waals surface area contributed by atoms with Gasteiger partial charge in [-0.25, -0.2) is 4.79 Å². The summed E-state index contributed by atoms with van der Waals surface area (Å²) in [6.45, 7) is 2.13. The van der Waals surface area contributed by atoms with Crippen LogP contribution in [-0.4, -0.2) is 23.2 Å². The zero-order chi connectivity index (χ0) is 11.3. The Kier molecular flexibility index (Phi) is 4.32. The fourth-order valence-electron chi connectivity index (χ4n) is 1.95. The van der Waals surface area contributed by atoms with Gasteiger partial charge >= 0.3 is 6.09 Å². The van der Waals surface area contributed by atoms with E-state index in [-0.39, 0.29) is 0 Å². The standard InChI is InChI=1S/C10H18N2O2S/c1-2-14-9(13)12-10(8(11)15)6-4-3-5-7-10/h2-7H2,1H3,(H2,11,15)(H,12,13). The van der Waals surface area contributed by atoms with Gasteiger partial charge in [0.2, 0.25) is 0 Å². The van der Waals surface area contributed by atoms with Gasteiger partial charge in [0.15, 0.2) is 0 Å². The number of rotatable bonds is 3. The third-order valence-electron chi connectivity index (χ3n) is 2.80. The molecule has 4 nitrogen and oxygen atoms in total. The topological polar surface area (TPSA) is 64.3 Å². The lowest BCUT2D eigenvalue weighted by molar-refractivity contribution is 0.139. The van der Waals surface area contributed by atoms with Gasteiger partial charge in [-0.15, -0.1) is 0 Å². The Morgan fingerprint density at radius 1 is 1.47 bits per heavy atom. The molecular formula is C10H18N2O2S. The highest BCUT2D eigenvalue weighted by atomic mass is 32.1. The Hall–Kier alpha value is -0.840. The van der Waals surface area contributed by atoms with Crippen LogP contribution < -0.4 is 11.1 Å². The smallest absolute Gasteiger partial charge is 0.407 e. The highest BCUT2D eigenvalue weighted by molar-refractivity contribution is 7.80. The fourth-order valence-corrected chi connectivity index (χ4v) is 2.21. The average Bonchev–Trinajstić information content (AvgIpc) is 2.19. The molecule has 0 aromatic carbocycles. The summed E-state index contributed by atoms with van der Waals surface area (Å²) in [5.41, 5.74) is 5.19. The van der Waals surface area contributed by atoms with Crippen molar-refractivity contribution >= 4 is 23.3 Å². The molecule has 1 amide bonds. The second-order valence-electron chi connectivity index (χ2n) is 3.85. The largest absolute Gasteiger partial charge is 0.450 e. The van der Waals surface area contributed by atoms with E-state index in [1.165, 1.54) is 6.42 Å². The second-order valence-corrected chi connectivity index (χ2v) is 4.29. The van der Waals surface area contributed by atoms with Gasteiger partial charge in [0.1, 0.15) is 0 Å². The first-order chi connectivity index (χ1) is 7.10. The zero-order valence-electron chi connectivity index (χ0n) is 9.04. The first kappa shape index (κ1) is 12.2. The highest BCUT2D eigenvalue weighted by Crippen LogP contribution is 2.28. The summed E-state index contributed by atoms with van der Waals surface area (Å²) in [4.78, 5) is 11.7. The van der Waals surface area contributed by atoms with Gasteiger partial charge in [-0.3, -0.25) is 0 Å². The maximum Gasteiger partial charge on any atom is 0.407 e. The van der Waals surface area contributed by atoms with Crippen LogP contribution in [0.4, 0.5) is 4.79 Å². The molecule has 5 heteroatoms. The molecule has 0 heterocycles. The Labute approximate surface area is 95.5 Å². The molecule has 1 saturated carbocycles. The van der Waals surface area contributed by atoms with Gasteiger partial charge in [-0.05, 0) is 19.8 Å². The minimum Gasteiger partial charge on any atom is -0.450 e. The van der Waals surface area contributed by atoms with Crippen molar-refractivity contribution in [3.63, 3.8) is 0 Å². The lowest BCUT2D eigenvalue weighted by atomic mass is 9.82. The summed E-state index contributed by atoms with van der Waals surface area (Å²) in [6.07, 6.45) is 4.48. The number of nitrogens with two attached hydrogens (primary N) is 1. The predicted octanol–water partition coefficient (Wildman–Crippen LogP) is 1.72. The summed E-state index contributed by atoms with van der Waals surface area (Å²) in [5, 5.41) is 2.81. The maximum atomic E-state index is 11.4. The number of hydrogen-bond acceptors (Lipinski definition) is 3. The van der Waals surface area contributed by atoms with Crippen LogP contribution in [0.2, 0.25) is 0 Å². The summed E-state index contributed by atoms with van der Waals surface area (Å²) in [6, 6.07) is 0. The number of thiocarbonyl (C=S) groups is 1. The molecule has 15 heavy (non-hydrogen) atoms. The van der Waals surface area contributed by atoms with E-state index >= 15 is 0 Å². The van der Waals surface area contributed by atoms with Crippen molar-refractivity contribution in [3.8, 4) is 0 Å². The van der Waals surface area contributed by atoms with Crippen LogP contribution in [0.5, 0.6) is 0 Å². The molecule has 86 valence electrons. The van der Waals surface area contributed by atoms with Crippen LogP contribution in [0.3, 0.4) is 0 Å². The van der Waals surface area contributed by atoms with Crippen molar-refractivity contribution in [2.24, 2.45) is 5.73 Å². The van der Waals surface area contributed by atoms with Gasteiger partial charge < -0.3 is 15.8 Å². The minimum atomic E-state index is -0.514. The third-order valence-corrected chi connectivity index (χ3v) is 3.19. The van der Waals surface area contributed by atoms with Crippen molar-refractivity contribution in [2.75, 3.05) is 6.61 Å². The first-order valence-corrected chi connectivity index (χ1v) is 5.76. The van der Waals surface area contributed by atoms with Crippen molar-refractivity contribution in [1.82, 2.24) is 5.32 Å². The zero-order valence-corrected chi connectivity index (χ0v) is 9.86. The van der Waals surface area contributed by atoms with Gasteiger partial charge in [0.25, 0.3) is 0 Å². The van der Waals surface area contributed by atoms with Crippen LogP contribution in [-0.2, 0) is 4.74 Å². The maximum absolute atomic E-state index is 11.4. The van der Waals surface area contributed by atoms with E-state index < -0.39 is 11.6 Å². The van der Waals surface area contributed by atoms with Gasteiger partial charge in [-0.2, -0.15) is 0 Å². The van der Waals surface area contributed by atoms with Gasteiger partial charge in [-0.1, -0.05) is 31.5 Å². The minimum absolute atomic E-state index is 0.360.